The summed E-state index contributed by atoms with van der Waals surface area (Å²) in [5.74, 6) is 0. The molecule has 1 aliphatic rings. The van der Waals surface area contributed by atoms with Crippen LogP contribution in [0.4, 0.5) is 0 Å². The highest BCUT2D eigenvalue weighted by atomic mass is 32.2. The lowest BCUT2D eigenvalue weighted by molar-refractivity contribution is 0.172. The van der Waals surface area contributed by atoms with Crippen LogP contribution in [0.1, 0.15) is 5.56 Å². The van der Waals surface area contributed by atoms with Crippen molar-refractivity contribution in [1.29, 1.82) is 5.26 Å². The smallest absolute Gasteiger partial charge is 0.246 e. The van der Waals surface area contributed by atoms with Crippen LogP contribution < -0.4 is 0 Å². The third-order valence-corrected chi connectivity index (χ3v) is 4.23. The molecule has 0 aromatic heterocycles. The van der Waals surface area contributed by atoms with Gasteiger partial charge in [-0.3, -0.25) is 0 Å². The van der Waals surface area contributed by atoms with Crippen LogP contribution in [0.15, 0.2) is 29.2 Å². The van der Waals surface area contributed by atoms with E-state index in [4.69, 9.17) is 10.00 Å². The van der Waals surface area contributed by atoms with Crippen LogP contribution in [0.3, 0.4) is 0 Å². The Hall–Kier alpha value is -1.42. The Balaban J connectivity index is 2.47. The lowest BCUT2D eigenvalue weighted by Gasteiger charge is -2.14. The highest BCUT2D eigenvalue weighted by Gasteiger charge is 2.29. The van der Waals surface area contributed by atoms with Gasteiger partial charge in [0.2, 0.25) is 10.0 Å². The summed E-state index contributed by atoms with van der Waals surface area (Å²) in [6.07, 6.45) is 0. The molecule has 0 unspecified atom stereocenters. The molecular weight excluding hydrogens is 228 g/mol. The average molecular weight is 238 g/mol. The third-order valence-electron chi connectivity index (χ3n) is 2.35. The summed E-state index contributed by atoms with van der Waals surface area (Å²) < 4.78 is 30.4. The first-order valence-electron chi connectivity index (χ1n) is 4.73. The number of nitrogens with zero attached hydrogens (tertiary/aromatic N) is 2. The largest absolute Gasteiger partial charge is 0.364 e. The molecular formula is C10H10N2O3S. The van der Waals surface area contributed by atoms with Crippen LogP contribution in [-0.2, 0) is 14.8 Å². The van der Waals surface area contributed by atoms with E-state index < -0.39 is 10.0 Å². The maximum Gasteiger partial charge on any atom is 0.246 e. The van der Waals surface area contributed by atoms with Crippen molar-refractivity contribution in [3.05, 3.63) is 29.8 Å². The molecule has 6 heteroatoms. The minimum Gasteiger partial charge on any atom is -0.364 e. The molecule has 1 aliphatic heterocycles. The zero-order valence-electron chi connectivity index (χ0n) is 8.46. The van der Waals surface area contributed by atoms with E-state index in [0.717, 1.165) is 0 Å². The van der Waals surface area contributed by atoms with Crippen LogP contribution in [0.25, 0.3) is 0 Å². The molecule has 1 heterocycles. The fraction of sp³-hybridized carbons (Fsp3) is 0.300. The monoisotopic (exact) mass is 238 g/mol. The molecule has 1 saturated heterocycles. The van der Waals surface area contributed by atoms with Crippen LogP contribution in [0, 0.1) is 11.3 Å². The molecule has 2 rings (SSSR count). The molecule has 84 valence electrons. The quantitative estimate of drug-likeness (QED) is 0.753. The Morgan fingerprint density at radius 2 is 2.12 bits per heavy atom. The molecule has 0 atom stereocenters. The Kier molecular flexibility index (Phi) is 2.92. The van der Waals surface area contributed by atoms with Crippen molar-refractivity contribution in [1.82, 2.24) is 4.31 Å². The van der Waals surface area contributed by atoms with E-state index >= 15 is 0 Å². The fourth-order valence-electron chi connectivity index (χ4n) is 1.51. The molecule has 1 aromatic rings. The Labute approximate surface area is 93.9 Å². The van der Waals surface area contributed by atoms with Crippen molar-refractivity contribution < 1.29 is 13.2 Å². The van der Waals surface area contributed by atoms with E-state index in [1.165, 1.54) is 16.4 Å². The van der Waals surface area contributed by atoms with Gasteiger partial charge in [0.25, 0.3) is 0 Å². The van der Waals surface area contributed by atoms with Crippen molar-refractivity contribution in [3.63, 3.8) is 0 Å². The molecule has 0 spiro atoms. The second kappa shape index (κ2) is 4.22. The number of nitriles is 1. The van der Waals surface area contributed by atoms with Crippen LogP contribution in [-0.4, -0.2) is 32.6 Å². The summed E-state index contributed by atoms with van der Waals surface area (Å²) in [7, 11) is -3.60. The first kappa shape index (κ1) is 11.1. The van der Waals surface area contributed by atoms with E-state index in [-0.39, 0.29) is 17.2 Å². The summed E-state index contributed by atoms with van der Waals surface area (Å²) in [5, 5.41) is 8.86. The molecule has 0 saturated carbocycles. The summed E-state index contributed by atoms with van der Waals surface area (Å²) in [6, 6.07) is 8.04. The molecule has 0 N–H and O–H groups in total. The van der Waals surface area contributed by atoms with Crippen molar-refractivity contribution in [3.8, 4) is 6.07 Å². The molecule has 16 heavy (non-hydrogen) atoms. The predicted molar refractivity (Wildman–Crippen MR) is 55.9 cm³/mol. The molecule has 5 nitrogen and oxygen atoms in total. The molecule has 0 radical (unpaired) electrons. The minimum atomic E-state index is -3.60. The molecule has 0 bridgehead atoms. The lowest BCUT2D eigenvalue weighted by Crippen LogP contribution is -2.29. The fourth-order valence-corrected chi connectivity index (χ4v) is 2.96. The first-order chi connectivity index (χ1) is 7.66. The first-order valence-corrected chi connectivity index (χ1v) is 6.17. The van der Waals surface area contributed by atoms with Gasteiger partial charge in [-0.05, 0) is 12.1 Å². The Morgan fingerprint density at radius 3 is 2.75 bits per heavy atom. The standard InChI is InChI=1S/C10H10N2O3S/c11-7-9-3-1-2-4-10(9)16(13,14)12-5-6-15-8-12/h1-4H,5-6,8H2. The number of ether oxygens (including phenoxy) is 1. The van der Waals surface area contributed by atoms with Crippen molar-refractivity contribution >= 4 is 10.0 Å². The Morgan fingerprint density at radius 1 is 1.38 bits per heavy atom. The van der Waals surface area contributed by atoms with Crippen molar-refractivity contribution in [2.24, 2.45) is 0 Å². The average Bonchev–Trinajstić information content (AvgIpc) is 2.83. The van der Waals surface area contributed by atoms with Crippen LogP contribution in [0.5, 0.6) is 0 Å². The predicted octanol–water partition coefficient (Wildman–Crippen LogP) is 0.537. The van der Waals surface area contributed by atoms with Gasteiger partial charge in [0.1, 0.15) is 17.7 Å². The van der Waals surface area contributed by atoms with Gasteiger partial charge in [-0.15, -0.1) is 0 Å². The lowest BCUT2D eigenvalue weighted by atomic mass is 10.2. The highest BCUT2D eigenvalue weighted by Crippen LogP contribution is 2.20. The van der Waals surface area contributed by atoms with Gasteiger partial charge >= 0.3 is 0 Å². The van der Waals surface area contributed by atoms with E-state index in [9.17, 15) is 8.42 Å². The molecule has 0 amide bonds. The summed E-state index contributed by atoms with van der Waals surface area (Å²) in [6.45, 7) is 0.790. The van der Waals surface area contributed by atoms with Gasteiger partial charge in [0, 0.05) is 6.54 Å². The van der Waals surface area contributed by atoms with E-state index in [2.05, 4.69) is 0 Å². The van der Waals surface area contributed by atoms with Gasteiger partial charge in [0.05, 0.1) is 12.2 Å². The number of hydrogen-bond donors (Lipinski definition) is 0. The maximum atomic E-state index is 12.1. The molecule has 0 aliphatic carbocycles. The molecule has 1 aromatic carbocycles. The van der Waals surface area contributed by atoms with Gasteiger partial charge in [-0.25, -0.2) is 8.42 Å². The van der Waals surface area contributed by atoms with Crippen LogP contribution >= 0.6 is 0 Å². The second-order valence-corrected chi connectivity index (χ2v) is 5.23. The number of rotatable bonds is 2. The topological polar surface area (TPSA) is 70.4 Å². The summed E-state index contributed by atoms with van der Waals surface area (Å²) >= 11 is 0. The summed E-state index contributed by atoms with van der Waals surface area (Å²) in [5.41, 5.74) is 0.161. The minimum absolute atomic E-state index is 0.0444. The normalized spacial score (nSPS) is 17.2. The van der Waals surface area contributed by atoms with Crippen molar-refractivity contribution in [2.75, 3.05) is 19.9 Å². The van der Waals surface area contributed by atoms with Gasteiger partial charge in [-0.2, -0.15) is 9.57 Å². The number of hydrogen-bond acceptors (Lipinski definition) is 4. The van der Waals surface area contributed by atoms with Gasteiger partial charge < -0.3 is 4.74 Å². The van der Waals surface area contributed by atoms with Gasteiger partial charge in [0.15, 0.2) is 0 Å². The zero-order valence-corrected chi connectivity index (χ0v) is 9.27. The SMILES string of the molecule is N#Cc1ccccc1S(=O)(=O)N1CCOC1. The van der Waals surface area contributed by atoms with Crippen LogP contribution in [0.2, 0.25) is 0 Å². The van der Waals surface area contributed by atoms with E-state index in [1.54, 1.807) is 12.1 Å². The molecule has 1 fully saturated rings. The summed E-state index contributed by atoms with van der Waals surface area (Å²) in [4.78, 5) is 0.0444. The maximum absolute atomic E-state index is 12.1. The Bertz CT molecular complexity index is 527. The van der Waals surface area contributed by atoms with E-state index in [1.807, 2.05) is 6.07 Å². The number of benzene rings is 1. The second-order valence-electron chi connectivity index (χ2n) is 3.33. The van der Waals surface area contributed by atoms with Gasteiger partial charge in [-0.1, -0.05) is 12.1 Å². The van der Waals surface area contributed by atoms with E-state index in [0.29, 0.717) is 13.2 Å². The third kappa shape index (κ3) is 1.80. The highest BCUT2D eigenvalue weighted by molar-refractivity contribution is 7.89. The zero-order chi connectivity index (χ0) is 11.6. The number of sulfonamides is 1. The van der Waals surface area contributed by atoms with Crippen molar-refractivity contribution in [2.45, 2.75) is 4.90 Å².